The fourth-order valence-electron chi connectivity index (χ4n) is 2.16. The predicted octanol–water partition coefficient (Wildman–Crippen LogP) is -0.508. The predicted molar refractivity (Wildman–Crippen MR) is 80.7 cm³/mol. The molecule has 10 nitrogen and oxygen atoms in total. The summed E-state index contributed by atoms with van der Waals surface area (Å²) < 4.78 is 0.958. The van der Waals surface area contributed by atoms with Gasteiger partial charge < -0.3 is 16.6 Å². The molecule has 0 unspecified atom stereocenters. The van der Waals surface area contributed by atoms with Gasteiger partial charge in [0.15, 0.2) is 11.5 Å². The van der Waals surface area contributed by atoms with Gasteiger partial charge in [0.05, 0.1) is 5.39 Å². The molecule has 0 saturated heterocycles. The van der Waals surface area contributed by atoms with Crippen LogP contribution < -0.4 is 17.0 Å². The summed E-state index contributed by atoms with van der Waals surface area (Å²) in [6.45, 7) is -0.180. The molecule has 23 heavy (non-hydrogen) atoms. The first kappa shape index (κ1) is 14.4. The molecule has 0 aliphatic carbocycles. The molecule has 0 aliphatic heterocycles. The third-order valence-electron chi connectivity index (χ3n) is 3.08. The molecular weight excluding hydrogens is 302 g/mol. The maximum atomic E-state index is 12.5. The van der Waals surface area contributed by atoms with Crippen molar-refractivity contribution in [3.8, 4) is 0 Å². The summed E-state index contributed by atoms with van der Waals surface area (Å²) in [6, 6.07) is 6.32. The summed E-state index contributed by atoms with van der Waals surface area (Å²) >= 11 is 0. The van der Waals surface area contributed by atoms with Crippen molar-refractivity contribution in [3.63, 3.8) is 0 Å². The number of nitrogen functional groups attached to an aromatic ring is 2. The number of nitrogens with zero attached hydrogens (tertiary/aromatic N) is 5. The smallest absolute Gasteiger partial charge is 0.357 e. The average molecular weight is 313 g/mol. The summed E-state index contributed by atoms with van der Waals surface area (Å²) in [5.74, 6) is -1.33. The third kappa shape index (κ3) is 2.64. The summed E-state index contributed by atoms with van der Waals surface area (Å²) in [6.07, 6.45) is 0. The van der Waals surface area contributed by atoms with E-state index in [1.807, 2.05) is 0 Å². The lowest BCUT2D eigenvalue weighted by Crippen LogP contribution is -2.27. The largest absolute Gasteiger partial charge is 0.476 e. The van der Waals surface area contributed by atoms with Gasteiger partial charge in [0.25, 0.3) is 5.56 Å². The van der Waals surface area contributed by atoms with Crippen molar-refractivity contribution in [1.29, 1.82) is 0 Å². The maximum Gasteiger partial charge on any atom is 0.357 e. The third-order valence-corrected chi connectivity index (χ3v) is 3.08. The molecule has 0 spiro atoms. The van der Waals surface area contributed by atoms with Gasteiger partial charge in [-0.1, -0.05) is 18.2 Å². The Kier molecular flexibility index (Phi) is 3.33. The van der Waals surface area contributed by atoms with Crippen LogP contribution in [0.5, 0.6) is 0 Å². The summed E-state index contributed by atoms with van der Waals surface area (Å²) in [5.41, 5.74) is 10.2. The highest BCUT2D eigenvalue weighted by Gasteiger charge is 2.16. The first-order valence-electron chi connectivity index (χ1n) is 6.45. The minimum absolute atomic E-state index is 0.0974. The number of carboxylic acid groups (broad SMARTS) is 1. The van der Waals surface area contributed by atoms with Crippen LogP contribution in [-0.4, -0.2) is 35.8 Å². The van der Waals surface area contributed by atoms with Crippen molar-refractivity contribution in [2.24, 2.45) is 0 Å². The van der Waals surface area contributed by atoms with E-state index in [1.54, 1.807) is 12.1 Å². The van der Waals surface area contributed by atoms with Crippen LogP contribution in [0.25, 0.3) is 10.8 Å². The van der Waals surface area contributed by atoms with Gasteiger partial charge in [-0.2, -0.15) is 20.1 Å². The number of hydrogen-bond acceptors (Lipinski definition) is 8. The Hall–Kier alpha value is -3.56. The number of benzene rings is 1. The van der Waals surface area contributed by atoms with Crippen LogP contribution in [0.2, 0.25) is 0 Å². The second-order valence-electron chi connectivity index (χ2n) is 4.63. The quantitative estimate of drug-likeness (QED) is 0.577. The number of nitrogens with two attached hydrogens (primary N) is 2. The van der Waals surface area contributed by atoms with Crippen LogP contribution in [0.4, 0.5) is 11.9 Å². The van der Waals surface area contributed by atoms with E-state index in [2.05, 4.69) is 20.1 Å². The van der Waals surface area contributed by atoms with Crippen molar-refractivity contribution >= 4 is 28.6 Å². The summed E-state index contributed by atoms with van der Waals surface area (Å²) in [5, 5.41) is 13.7. The number of aromatic nitrogens is 5. The lowest BCUT2D eigenvalue weighted by atomic mass is 10.1. The molecule has 5 N–H and O–H groups in total. The molecule has 116 valence electrons. The number of anilines is 2. The molecule has 3 aromatic rings. The molecule has 0 bridgehead atoms. The van der Waals surface area contributed by atoms with Crippen LogP contribution in [0.1, 0.15) is 16.3 Å². The molecule has 2 aromatic heterocycles. The van der Waals surface area contributed by atoms with Gasteiger partial charge in [-0.3, -0.25) is 4.79 Å². The Bertz CT molecular complexity index is 963. The van der Waals surface area contributed by atoms with Crippen LogP contribution in [0, 0.1) is 0 Å². The standard InChI is InChI=1S/C13H11N7O3/c14-12-16-8(17-13(15)18-12)5-20-10(21)7-4-2-1-3-6(7)9(19-20)11(22)23/h1-4H,5H2,(H,22,23)(H4,14,15,16,17,18). The van der Waals surface area contributed by atoms with E-state index in [-0.39, 0.29) is 40.7 Å². The highest BCUT2D eigenvalue weighted by Crippen LogP contribution is 2.13. The molecule has 1 aromatic carbocycles. The van der Waals surface area contributed by atoms with Crippen molar-refractivity contribution < 1.29 is 9.90 Å². The number of hydrogen-bond donors (Lipinski definition) is 3. The van der Waals surface area contributed by atoms with E-state index in [4.69, 9.17) is 11.5 Å². The summed E-state index contributed by atoms with van der Waals surface area (Å²) in [4.78, 5) is 35.2. The molecule has 0 radical (unpaired) electrons. The Morgan fingerprint density at radius 3 is 2.30 bits per heavy atom. The van der Waals surface area contributed by atoms with E-state index < -0.39 is 11.5 Å². The Morgan fingerprint density at radius 2 is 1.70 bits per heavy atom. The SMILES string of the molecule is Nc1nc(N)nc(Cn2nc(C(=O)O)c3ccccc3c2=O)n1. The first-order chi connectivity index (χ1) is 11.0. The van der Waals surface area contributed by atoms with Crippen LogP contribution in [-0.2, 0) is 6.54 Å². The molecule has 0 aliphatic rings. The number of carboxylic acids is 1. The first-order valence-corrected chi connectivity index (χ1v) is 6.45. The zero-order valence-electron chi connectivity index (χ0n) is 11.7. The number of rotatable bonds is 3. The lowest BCUT2D eigenvalue weighted by Gasteiger charge is -2.08. The van der Waals surface area contributed by atoms with Crippen LogP contribution >= 0.6 is 0 Å². The minimum atomic E-state index is -1.25. The van der Waals surface area contributed by atoms with Gasteiger partial charge in [0.1, 0.15) is 6.54 Å². The molecule has 2 heterocycles. The fraction of sp³-hybridized carbons (Fsp3) is 0.0769. The second kappa shape index (κ2) is 5.33. The fourth-order valence-corrected chi connectivity index (χ4v) is 2.16. The second-order valence-corrected chi connectivity index (χ2v) is 4.63. The van der Waals surface area contributed by atoms with E-state index in [9.17, 15) is 14.7 Å². The zero-order valence-corrected chi connectivity index (χ0v) is 11.7. The topological polar surface area (TPSA) is 163 Å². The van der Waals surface area contributed by atoms with Gasteiger partial charge in [0, 0.05) is 5.39 Å². The molecule has 0 saturated carbocycles. The normalized spacial score (nSPS) is 10.8. The zero-order chi connectivity index (χ0) is 16.6. The highest BCUT2D eigenvalue weighted by atomic mass is 16.4. The van der Waals surface area contributed by atoms with Gasteiger partial charge in [-0.25, -0.2) is 9.48 Å². The number of aromatic carboxylic acids is 1. The molecular formula is C13H11N7O3. The Morgan fingerprint density at radius 1 is 1.09 bits per heavy atom. The molecule has 0 fully saturated rings. The average Bonchev–Trinajstić information content (AvgIpc) is 2.49. The lowest BCUT2D eigenvalue weighted by molar-refractivity contribution is 0.0690. The molecule has 3 rings (SSSR count). The Balaban J connectivity index is 2.19. The van der Waals surface area contributed by atoms with Crippen molar-refractivity contribution in [2.45, 2.75) is 6.54 Å². The van der Waals surface area contributed by atoms with Gasteiger partial charge in [-0.15, -0.1) is 0 Å². The van der Waals surface area contributed by atoms with Crippen molar-refractivity contribution in [1.82, 2.24) is 24.7 Å². The van der Waals surface area contributed by atoms with Crippen LogP contribution in [0.3, 0.4) is 0 Å². The van der Waals surface area contributed by atoms with Gasteiger partial charge in [-0.05, 0) is 6.07 Å². The van der Waals surface area contributed by atoms with E-state index >= 15 is 0 Å². The number of fused-ring (bicyclic) bond motifs is 1. The molecule has 0 amide bonds. The van der Waals surface area contributed by atoms with E-state index in [1.165, 1.54) is 12.1 Å². The Labute approximate surface area is 128 Å². The highest BCUT2D eigenvalue weighted by molar-refractivity contribution is 6.01. The van der Waals surface area contributed by atoms with E-state index in [0.29, 0.717) is 0 Å². The van der Waals surface area contributed by atoms with Crippen LogP contribution in [0.15, 0.2) is 29.1 Å². The number of carbonyl (C=O) groups is 1. The molecule has 10 heteroatoms. The minimum Gasteiger partial charge on any atom is -0.476 e. The summed E-state index contributed by atoms with van der Waals surface area (Å²) in [7, 11) is 0. The maximum absolute atomic E-state index is 12.5. The van der Waals surface area contributed by atoms with Gasteiger partial charge in [0.2, 0.25) is 11.9 Å². The van der Waals surface area contributed by atoms with E-state index in [0.717, 1.165) is 4.68 Å². The molecule has 0 atom stereocenters. The van der Waals surface area contributed by atoms with Crippen molar-refractivity contribution in [2.75, 3.05) is 11.5 Å². The van der Waals surface area contributed by atoms with Gasteiger partial charge >= 0.3 is 5.97 Å². The van der Waals surface area contributed by atoms with Crippen molar-refractivity contribution in [3.05, 3.63) is 46.1 Å². The monoisotopic (exact) mass is 313 g/mol.